The van der Waals surface area contributed by atoms with Gasteiger partial charge in [-0.05, 0) is 37.1 Å². The Hall–Kier alpha value is -2.10. The number of hydrogen-bond donors (Lipinski definition) is 1. The summed E-state index contributed by atoms with van der Waals surface area (Å²) in [4.78, 5) is 18.2. The third kappa shape index (κ3) is 2.36. The Labute approximate surface area is 99.3 Å². The molecule has 0 aliphatic heterocycles. The molecule has 1 aromatic carbocycles. The molecule has 1 aromatic heterocycles. The molecule has 0 atom stereocenters. The molecular weight excluding hydrogens is 216 g/mol. The van der Waals surface area contributed by atoms with Crippen molar-refractivity contribution in [2.75, 3.05) is 6.61 Å². The van der Waals surface area contributed by atoms with E-state index in [1.165, 1.54) is 6.33 Å². The van der Waals surface area contributed by atoms with Crippen LogP contribution >= 0.6 is 0 Å². The highest BCUT2D eigenvalue weighted by Gasteiger charge is 2.07. The number of ether oxygens (including phenoxy) is 1. The van der Waals surface area contributed by atoms with Crippen molar-refractivity contribution < 1.29 is 4.74 Å². The molecule has 0 bridgehead atoms. The standard InChI is InChI=1S/C13H14N2O2/c1-3-17-10-4-5-11(9(2)6-10)12-7-14-8-15-13(12)16/h4-8H,3H2,1-2H3,(H,14,15,16). The van der Waals surface area contributed by atoms with Crippen LogP contribution in [0.4, 0.5) is 0 Å². The molecule has 0 unspecified atom stereocenters. The average Bonchev–Trinajstić information content (AvgIpc) is 2.31. The number of hydrogen-bond acceptors (Lipinski definition) is 3. The van der Waals surface area contributed by atoms with Crippen molar-refractivity contribution in [1.82, 2.24) is 9.97 Å². The van der Waals surface area contributed by atoms with Crippen molar-refractivity contribution >= 4 is 0 Å². The highest BCUT2D eigenvalue weighted by atomic mass is 16.5. The molecule has 1 N–H and O–H groups in total. The fourth-order valence-electron chi connectivity index (χ4n) is 1.73. The molecular formula is C13H14N2O2. The maximum atomic E-state index is 11.7. The smallest absolute Gasteiger partial charge is 0.258 e. The third-order valence-electron chi connectivity index (χ3n) is 2.52. The van der Waals surface area contributed by atoms with E-state index < -0.39 is 0 Å². The molecule has 17 heavy (non-hydrogen) atoms. The predicted octanol–water partition coefficient (Wildman–Crippen LogP) is 2.14. The highest BCUT2D eigenvalue weighted by molar-refractivity contribution is 5.66. The van der Waals surface area contributed by atoms with Gasteiger partial charge in [0.15, 0.2) is 0 Å². The molecule has 0 saturated carbocycles. The van der Waals surface area contributed by atoms with E-state index in [0.29, 0.717) is 12.2 Å². The number of rotatable bonds is 3. The summed E-state index contributed by atoms with van der Waals surface area (Å²) in [6.07, 6.45) is 2.96. The Morgan fingerprint density at radius 1 is 1.35 bits per heavy atom. The van der Waals surface area contributed by atoms with Crippen molar-refractivity contribution in [3.8, 4) is 16.9 Å². The van der Waals surface area contributed by atoms with Crippen LogP contribution in [0.25, 0.3) is 11.1 Å². The minimum absolute atomic E-state index is 0.132. The first-order valence-corrected chi connectivity index (χ1v) is 5.49. The maximum absolute atomic E-state index is 11.7. The minimum atomic E-state index is -0.132. The molecule has 0 radical (unpaired) electrons. The van der Waals surface area contributed by atoms with Gasteiger partial charge in [-0.2, -0.15) is 0 Å². The van der Waals surface area contributed by atoms with Gasteiger partial charge in [-0.1, -0.05) is 6.07 Å². The van der Waals surface area contributed by atoms with Gasteiger partial charge >= 0.3 is 0 Å². The second-order valence-electron chi connectivity index (χ2n) is 3.70. The number of benzene rings is 1. The Kier molecular flexibility index (Phi) is 3.23. The molecule has 4 nitrogen and oxygen atoms in total. The number of aromatic amines is 1. The molecule has 0 saturated heterocycles. The van der Waals surface area contributed by atoms with Crippen LogP contribution in [0.15, 0.2) is 35.5 Å². The van der Waals surface area contributed by atoms with E-state index >= 15 is 0 Å². The molecule has 0 amide bonds. The predicted molar refractivity (Wildman–Crippen MR) is 66.2 cm³/mol. The summed E-state index contributed by atoms with van der Waals surface area (Å²) in [6, 6.07) is 5.66. The largest absolute Gasteiger partial charge is 0.494 e. The average molecular weight is 230 g/mol. The first kappa shape index (κ1) is 11.4. The lowest BCUT2D eigenvalue weighted by Crippen LogP contribution is -2.09. The normalized spacial score (nSPS) is 10.2. The Morgan fingerprint density at radius 3 is 2.82 bits per heavy atom. The molecule has 1 heterocycles. The van der Waals surface area contributed by atoms with E-state index in [-0.39, 0.29) is 5.56 Å². The third-order valence-corrected chi connectivity index (χ3v) is 2.52. The molecule has 88 valence electrons. The Morgan fingerprint density at radius 2 is 2.18 bits per heavy atom. The van der Waals surface area contributed by atoms with E-state index in [4.69, 9.17) is 4.74 Å². The topological polar surface area (TPSA) is 55.0 Å². The Bertz CT molecular complexity index is 576. The zero-order chi connectivity index (χ0) is 12.3. The van der Waals surface area contributed by atoms with Crippen LogP contribution < -0.4 is 10.3 Å². The summed E-state index contributed by atoms with van der Waals surface area (Å²) >= 11 is 0. The van der Waals surface area contributed by atoms with E-state index in [1.807, 2.05) is 32.0 Å². The first-order chi connectivity index (χ1) is 8.22. The molecule has 0 aliphatic rings. The number of H-pyrrole nitrogens is 1. The van der Waals surface area contributed by atoms with Gasteiger partial charge in [0.1, 0.15) is 5.75 Å². The van der Waals surface area contributed by atoms with Crippen LogP contribution in [0.5, 0.6) is 5.75 Å². The van der Waals surface area contributed by atoms with Crippen molar-refractivity contribution in [3.05, 3.63) is 46.6 Å². The summed E-state index contributed by atoms with van der Waals surface area (Å²) in [6.45, 7) is 4.52. The fourth-order valence-corrected chi connectivity index (χ4v) is 1.73. The van der Waals surface area contributed by atoms with Gasteiger partial charge in [-0.25, -0.2) is 4.98 Å². The number of nitrogens with zero attached hydrogens (tertiary/aromatic N) is 1. The van der Waals surface area contributed by atoms with Gasteiger partial charge in [0.05, 0.1) is 18.5 Å². The lowest BCUT2D eigenvalue weighted by Gasteiger charge is -2.08. The molecule has 0 spiro atoms. The quantitative estimate of drug-likeness (QED) is 0.878. The van der Waals surface area contributed by atoms with Crippen LogP contribution in [0.1, 0.15) is 12.5 Å². The Balaban J connectivity index is 2.47. The lowest BCUT2D eigenvalue weighted by molar-refractivity contribution is 0.340. The van der Waals surface area contributed by atoms with Gasteiger partial charge in [0.2, 0.25) is 0 Å². The van der Waals surface area contributed by atoms with Crippen LogP contribution in [0.2, 0.25) is 0 Å². The van der Waals surface area contributed by atoms with Crippen molar-refractivity contribution in [1.29, 1.82) is 0 Å². The molecule has 2 aromatic rings. The summed E-state index contributed by atoms with van der Waals surface area (Å²) in [5.41, 5.74) is 2.32. The summed E-state index contributed by atoms with van der Waals surface area (Å²) < 4.78 is 5.41. The second kappa shape index (κ2) is 4.82. The van der Waals surface area contributed by atoms with Crippen molar-refractivity contribution in [2.45, 2.75) is 13.8 Å². The maximum Gasteiger partial charge on any atom is 0.258 e. The van der Waals surface area contributed by atoms with E-state index in [0.717, 1.165) is 16.9 Å². The van der Waals surface area contributed by atoms with E-state index in [9.17, 15) is 4.79 Å². The van der Waals surface area contributed by atoms with Crippen LogP contribution in [-0.2, 0) is 0 Å². The van der Waals surface area contributed by atoms with Gasteiger partial charge in [-0.3, -0.25) is 4.79 Å². The summed E-state index contributed by atoms with van der Waals surface area (Å²) in [5, 5.41) is 0. The lowest BCUT2D eigenvalue weighted by atomic mass is 10.0. The molecule has 2 rings (SSSR count). The fraction of sp³-hybridized carbons (Fsp3) is 0.231. The van der Waals surface area contributed by atoms with Crippen LogP contribution in [0, 0.1) is 6.92 Å². The van der Waals surface area contributed by atoms with Crippen LogP contribution in [-0.4, -0.2) is 16.6 Å². The van der Waals surface area contributed by atoms with E-state index in [2.05, 4.69) is 9.97 Å². The minimum Gasteiger partial charge on any atom is -0.494 e. The summed E-state index contributed by atoms with van der Waals surface area (Å²) in [7, 11) is 0. The molecule has 0 aliphatic carbocycles. The van der Waals surface area contributed by atoms with Crippen molar-refractivity contribution in [3.63, 3.8) is 0 Å². The number of aryl methyl sites for hydroxylation is 1. The first-order valence-electron chi connectivity index (χ1n) is 5.49. The number of aromatic nitrogens is 2. The van der Waals surface area contributed by atoms with E-state index in [1.54, 1.807) is 6.20 Å². The molecule has 4 heteroatoms. The van der Waals surface area contributed by atoms with Crippen molar-refractivity contribution in [2.24, 2.45) is 0 Å². The monoisotopic (exact) mass is 230 g/mol. The van der Waals surface area contributed by atoms with Gasteiger partial charge in [0, 0.05) is 6.20 Å². The molecule has 0 fully saturated rings. The highest BCUT2D eigenvalue weighted by Crippen LogP contribution is 2.23. The van der Waals surface area contributed by atoms with Gasteiger partial charge in [-0.15, -0.1) is 0 Å². The SMILES string of the molecule is CCOc1ccc(-c2cnc[nH]c2=O)c(C)c1. The van der Waals surface area contributed by atoms with Gasteiger partial charge < -0.3 is 9.72 Å². The van der Waals surface area contributed by atoms with Crippen LogP contribution in [0.3, 0.4) is 0 Å². The zero-order valence-corrected chi connectivity index (χ0v) is 9.86. The summed E-state index contributed by atoms with van der Waals surface area (Å²) in [5.74, 6) is 0.814. The zero-order valence-electron chi connectivity index (χ0n) is 9.86. The second-order valence-corrected chi connectivity index (χ2v) is 3.70. The number of nitrogens with one attached hydrogen (secondary N) is 1. The van der Waals surface area contributed by atoms with Gasteiger partial charge in [0.25, 0.3) is 5.56 Å².